The van der Waals surface area contributed by atoms with Crippen molar-refractivity contribution in [3.05, 3.63) is 59.7 Å². The molecule has 2 aromatic rings. The number of guanidine groups is 1. The first-order chi connectivity index (χ1) is 13.5. The van der Waals surface area contributed by atoms with Crippen LogP contribution < -0.4 is 20.1 Å². The fraction of sp³-hybridized carbons (Fsp3) is 0.409. The van der Waals surface area contributed by atoms with Gasteiger partial charge in [-0.25, -0.2) is 0 Å². The van der Waals surface area contributed by atoms with Gasteiger partial charge in [-0.2, -0.15) is 0 Å². The molecular formula is C22H31N3O3. The molecule has 0 spiro atoms. The standard InChI is InChI=1S/C22H31N3O3/c1-5-23-22(24-14-17(3)28-21-12-7-6-9-16(21)2)25-15-20(26)18-10-8-11-19(13-18)27-4/h6-13,17,20,26H,5,14-15H2,1-4H3,(H2,23,24,25). The van der Waals surface area contributed by atoms with Gasteiger partial charge in [-0.05, 0) is 50.1 Å². The zero-order valence-corrected chi connectivity index (χ0v) is 17.1. The van der Waals surface area contributed by atoms with E-state index in [1.807, 2.05) is 69.3 Å². The van der Waals surface area contributed by atoms with Crippen LogP contribution in [0.1, 0.15) is 31.1 Å². The normalized spacial score (nSPS) is 13.5. The molecule has 0 aliphatic carbocycles. The summed E-state index contributed by atoms with van der Waals surface area (Å²) < 4.78 is 11.2. The number of hydrogen-bond donors (Lipinski definition) is 3. The maximum atomic E-state index is 10.4. The zero-order valence-electron chi connectivity index (χ0n) is 17.1. The van der Waals surface area contributed by atoms with Crippen molar-refractivity contribution in [2.24, 2.45) is 4.99 Å². The number of aliphatic imine (C=N–C) groups is 1. The minimum absolute atomic E-state index is 0.0340. The smallest absolute Gasteiger partial charge is 0.191 e. The predicted octanol–water partition coefficient (Wildman–Crippen LogP) is 3.06. The molecule has 3 N–H and O–H groups in total. The van der Waals surface area contributed by atoms with Crippen LogP contribution in [0.4, 0.5) is 0 Å². The molecule has 0 saturated carbocycles. The van der Waals surface area contributed by atoms with Gasteiger partial charge in [-0.15, -0.1) is 0 Å². The highest BCUT2D eigenvalue weighted by molar-refractivity contribution is 5.79. The Morgan fingerprint density at radius 2 is 1.93 bits per heavy atom. The van der Waals surface area contributed by atoms with Gasteiger partial charge in [0.1, 0.15) is 17.6 Å². The lowest BCUT2D eigenvalue weighted by Gasteiger charge is -2.19. The number of para-hydroxylation sites is 1. The van der Waals surface area contributed by atoms with Crippen LogP contribution in [-0.2, 0) is 0 Å². The lowest BCUT2D eigenvalue weighted by atomic mass is 10.1. The SMILES string of the molecule is CCNC(=NCC(O)c1cccc(OC)c1)NCC(C)Oc1ccccc1C. The molecule has 6 nitrogen and oxygen atoms in total. The van der Waals surface area contributed by atoms with Crippen LogP contribution in [0.3, 0.4) is 0 Å². The summed E-state index contributed by atoms with van der Waals surface area (Å²) in [6.45, 7) is 7.61. The molecule has 0 aromatic heterocycles. The number of methoxy groups -OCH3 is 1. The first-order valence-electron chi connectivity index (χ1n) is 9.60. The molecule has 6 heteroatoms. The van der Waals surface area contributed by atoms with Crippen molar-refractivity contribution in [3.63, 3.8) is 0 Å². The number of aliphatic hydroxyl groups is 1. The van der Waals surface area contributed by atoms with E-state index in [1.165, 1.54) is 0 Å². The quantitative estimate of drug-likeness (QED) is 0.457. The largest absolute Gasteiger partial charge is 0.497 e. The van der Waals surface area contributed by atoms with Gasteiger partial charge in [-0.1, -0.05) is 30.3 Å². The number of nitrogens with one attached hydrogen (secondary N) is 2. The molecule has 0 aliphatic rings. The third-order valence-electron chi connectivity index (χ3n) is 4.22. The summed E-state index contributed by atoms with van der Waals surface area (Å²) in [6, 6.07) is 15.3. The summed E-state index contributed by atoms with van der Waals surface area (Å²) in [5.41, 5.74) is 1.88. The first kappa shape index (κ1) is 21.6. The van der Waals surface area contributed by atoms with E-state index in [9.17, 15) is 5.11 Å². The van der Waals surface area contributed by atoms with E-state index in [0.717, 1.165) is 23.4 Å². The summed E-state index contributed by atoms with van der Waals surface area (Å²) in [5.74, 6) is 2.24. The second-order valence-electron chi connectivity index (χ2n) is 6.59. The average molecular weight is 386 g/mol. The van der Waals surface area contributed by atoms with E-state index in [1.54, 1.807) is 7.11 Å². The van der Waals surface area contributed by atoms with Crippen molar-refractivity contribution in [1.82, 2.24) is 10.6 Å². The Labute approximate surface area is 167 Å². The Bertz CT molecular complexity index is 764. The first-order valence-corrected chi connectivity index (χ1v) is 9.60. The predicted molar refractivity (Wildman–Crippen MR) is 113 cm³/mol. The van der Waals surface area contributed by atoms with E-state index in [-0.39, 0.29) is 12.6 Å². The fourth-order valence-electron chi connectivity index (χ4n) is 2.66. The van der Waals surface area contributed by atoms with Gasteiger partial charge in [0.05, 0.1) is 26.3 Å². The van der Waals surface area contributed by atoms with Gasteiger partial charge in [0.15, 0.2) is 5.96 Å². The van der Waals surface area contributed by atoms with Crippen LogP contribution in [0.5, 0.6) is 11.5 Å². The highest BCUT2D eigenvalue weighted by atomic mass is 16.5. The van der Waals surface area contributed by atoms with Crippen LogP contribution >= 0.6 is 0 Å². The number of ether oxygens (including phenoxy) is 2. The molecule has 2 rings (SSSR count). The topological polar surface area (TPSA) is 75.1 Å². The summed E-state index contributed by atoms with van der Waals surface area (Å²) in [4.78, 5) is 4.49. The molecule has 0 amide bonds. The van der Waals surface area contributed by atoms with E-state index in [2.05, 4.69) is 15.6 Å². The van der Waals surface area contributed by atoms with Crippen molar-refractivity contribution in [2.45, 2.75) is 33.0 Å². The highest BCUT2D eigenvalue weighted by Gasteiger charge is 2.10. The Kier molecular flexibility index (Phi) is 8.62. The molecule has 2 unspecified atom stereocenters. The molecular weight excluding hydrogens is 354 g/mol. The van der Waals surface area contributed by atoms with Gasteiger partial charge < -0.3 is 25.2 Å². The van der Waals surface area contributed by atoms with Crippen LogP contribution in [0.15, 0.2) is 53.5 Å². The van der Waals surface area contributed by atoms with Crippen molar-refractivity contribution in [1.29, 1.82) is 0 Å². The number of aryl methyl sites for hydroxylation is 1. The molecule has 0 fully saturated rings. The van der Waals surface area contributed by atoms with Gasteiger partial charge in [0, 0.05) is 6.54 Å². The average Bonchev–Trinajstić information content (AvgIpc) is 2.71. The summed E-state index contributed by atoms with van der Waals surface area (Å²) in [5, 5.41) is 16.9. The second-order valence-corrected chi connectivity index (χ2v) is 6.59. The van der Waals surface area contributed by atoms with Crippen molar-refractivity contribution >= 4 is 5.96 Å². The van der Waals surface area contributed by atoms with E-state index in [4.69, 9.17) is 9.47 Å². The van der Waals surface area contributed by atoms with Crippen LogP contribution in [0.2, 0.25) is 0 Å². The highest BCUT2D eigenvalue weighted by Crippen LogP contribution is 2.19. The number of rotatable bonds is 9. The van der Waals surface area contributed by atoms with Gasteiger partial charge >= 0.3 is 0 Å². The van der Waals surface area contributed by atoms with Gasteiger partial charge in [-0.3, -0.25) is 4.99 Å². The Morgan fingerprint density at radius 1 is 1.14 bits per heavy atom. The lowest BCUT2D eigenvalue weighted by Crippen LogP contribution is -2.42. The van der Waals surface area contributed by atoms with E-state index >= 15 is 0 Å². The lowest BCUT2D eigenvalue weighted by molar-refractivity contribution is 0.186. The molecule has 28 heavy (non-hydrogen) atoms. The Balaban J connectivity index is 1.91. The molecule has 0 radical (unpaired) electrons. The zero-order chi connectivity index (χ0) is 20.4. The molecule has 2 aromatic carbocycles. The summed E-state index contributed by atoms with van der Waals surface area (Å²) in [7, 11) is 1.61. The molecule has 2 atom stereocenters. The fourth-order valence-corrected chi connectivity index (χ4v) is 2.66. The maximum Gasteiger partial charge on any atom is 0.191 e. The Hall–Kier alpha value is -2.73. The van der Waals surface area contributed by atoms with E-state index in [0.29, 0.717) is 18.3 Å². The number of benzene rings is 2. The second kappa shape index (κ2) is 11.2. The van der Waals surface area contributed by atoms with Crippen molar-refractivity contribution in [2.75, 3.05) is 26.7 Å². The summed E-state index contributed by atoms with van der Waals surface area (Å²) >= 11 is 0. The van der Waals surface area contributed by atoms with Gasteiger partial charge in [0.2, 0.25) is 0 Å². The minimum atomic E-state index is -0.703. The van der Waals surface area contributed by atoms with Crippen LogP contribution in [-0.4, -0.2) is 43.9 Å². The van der Waals surface area contributed by atoms with Crippen LogP contribution in [0, 0.1) is 6.92 Å². The number of hydrogen-bond acceptors (Lipinski definition) is 4. The Morgan fingerprint density at radius 3 is 2.64 bits per heavy atom. The summed E-state index contributed by atoms with van der Waals surface area (Å²) in [6.07, 6.45) is -0.737. The maximum absolute atomic E-state index is 10.4. The van der Waals surface area contributed by atoms with Crippen molar-refractivity contribution in [3.8, 4) is 11.5 Å². The molecule has 0 aliphatic heterocycles. The monoisotopic (exact) mass is 385 g/mol. The number of aliphatic hydroxyl groups excluding tert-OH is 1. The third-order valence-corrected chi connectivity index (χ3v) is 4.22. The minimum Gasteiger partial charge on any atom is -0.497 e. The van der Waals surface area contributed by atoms with Crippen LogP contribution in [0.25, 0.3) is 0 Å². The molecule has 0 bridgehead atoms. The van der Waals surface area contributed by atoms with Gasteiger partial charge in [0.25, 0.3) is 0 Å². The molecule has 0 saturated heterocycles. The molecule has 0 heterocycles. The van der Waals surface area contributed by atoms with E-state index < -0.39 is 6.10 Å². The molecule has 152 valence electrons. The third kappa shape index (κ3) is 6.78. The number of nitrogens with zero attached hydrogens (tertiary/aromatic N) is 1. The van der Waals surface area contributed by atoms with Crippen molar-refractivity contribution < 1.29 is 14.6 Å².